The van der Waals surface area contributed by atoms with Crippen LogP contribution in [0, 0.1) is 5.82 Å². The standard InChI is InChI=1S/C17H17BrFNOS/c1-12(13-5-3-2-4-6-13)20-17(21)11-22-10-14-7-8-15(18)9-16(14)19/h2-9,12H,10-11H2,1H3,(H,20,21)/t12-/m1/s1. The molecule has 2 aromatic rings. The van der Waals surface area contributed by atoms with Crippen LogP contribution in [0.1, 0.15) is 24.1 Å². The maximum atomic E-state index is 13.7. The van der Waals surface area contributed by atoms with Crippen molar-refractivity contribution in [1.82, 2.24) is 5.32 Å². The van der Waals surface area contributed by atoms with Crippen LogP contribution in [0.5, 0.6) is 0 Å². The molecule has 2 rings (SSSR count). The van der Waals surface area contributed by atoms with Crippen LogP contribution in [0.15, 0.2) is 53.0 Å². The number of amides is 1. The number of hydrogen-bond donors (Lipinski definition) is 1. The van der Waals surface area contributed by atoms with Gasteiger partial charge in [0.05, 0.1) is 11.8 Å². The van der Waals surface area contributed by atoms with Gasteiger partial charge in [-0.05, 0) is 30.2 Å². The Morgan fingerprint density at radius 1 is 1.27 bits per heavy atom. The van der Waals surface area contributed by atoms with Gasteiger partial charge in [0.25, 0.3) is 0 Å². The van der Waals surface area contributed by atoms with Crippen LogP contribution < -0.4 is 5.32 Å². The number of hydrogen-bond acceptors (Lipinski definition) is 2. The largest absolute Gasteiger partial charge is 0.349 e. The van der Waals surface area contributed by atoms with Crippen LogP contribution in [0.3, 0.4) is 0 Å². The lowest BCUT2D eigenvalue weighted by molar-refractivity contribution is -0.119. The Labute approximate surface area is 142 Å². The van der Waals surface area contributed by atoms with Crippen LogP contribution in [-0.4, -0.2) is 11.7 Å². The van der Waals surface area contributed by atoms with E-state index in [4.69, 9.17) is 0 Å². The predicted octanol–water partition coefficient (Wildman–Crippen LogP) is 4.70. The number of benzene rings is 2. The third-order valence-corrected chi connectivity index (χ3v) is 4.66. The molecule has 0 radical (unpaired) electrons. The first kappa shape index (κ1) is 17.0. The topological polar surface area (TPSA) is 29.1 Å². The summed E-state index contributed by atoms with van der Waals surface area (Å²) in [7, 11) is 0. The maximum absolute atomic E-state index is 13.7. The Hall–Kier alpha value is -1.33. The van der Waals surface area contributed by atoms with Crippen molar-refractivity contribution >= 4 is 33.6 Å². The second kappa shape index (κ2) is 8.34. The average molecular weight is 382 g/mol. The molecular formula is C17H17BrFNOS. The highest BCUT2D eigenvalue weighted by Crippen LogP contribution is 2.20. The van der Waals surface area contributed by atoms with E-state index in [1.165, 1.54) is 17.8 Å². The first-order chi connectivity index (χ1) is 10.6. The van der Waals surface area contributed by atoms with E-state index in [9.17, 15) is 9.18 Å². The molecule has 2 aromatic carbocycles. The van der Waals surface area contributed by atoms with Gasteiger partial charge < -0.3 is 5.32 Å². The summed E-state index contributed by atoms with van der Waals surface area (Å²) in [4.78, 5) is 11.9. The molecule has 2 nitrogen and oxygen atoms in total. The van der Waals surface area contributed by atoms with Crippen molar-refractivity contribution in [2.75, 3.05) is 5.75 Å². The number of carbonyl (C=O) groups is 1. The normalized spacial score (nSPS) is 12.0. The lowest BCUT2D eigenvalue weighted by atomic mass is 10.1. The fourth-order valence-electron chi connectivity index (χ4n) is 2.00. The molecule has 0 saturated carbocycles. The quantitative estimate of drug-likeness (QED) is 0.785. The van der Waals surface area contributed by atoms with Crippen molar-refractivity contribution in [3.63, 3.8) is 0 Å². The average Bonchev–Trinajstić information content (AvgIpc) is 2.50. The van der Waals surface area contributed by atoms with E-state index in [0.717, 1.165) is 5.56 Å². The second-order valence-corrected chi connectivity index (χ2v) is 6.83. The highest BCUT2D eigenvalue weighted by molar-refractivity contribution is 9.10. The minimum absolute atomic E-state index is 0.0290. The van der Waals surface area contributed by atoms with Crippen molar-refractivity contribution in [2.24, 2.45) is 0 Å². The van der Waals surface area contributed by atoms with Crippen molar-refractivity contribution < 1.29 is 9.18 Å². The van der Waals surface area contributed by atoms with Gasteiger partial charge in [-0.3, -0.25) is 4.79 Å². The van der Waals surface area contributed by atoms with E-state index in [1.807, 2.05) is 37.3 Å². The van der Waals surface area contributed by atoms with Crippen molar-refractivity contribution in [3.8, 4) is 0 Å². The van der Waals surface area contributed by atoms with Gasteiger partial charge in [-0.2, -0.15) is 0 Å². The molecule has 1 atom stereocenters. The summed E-state index contributed by atoms with van der Waals surface area (Å²) >= 11 is 4.63. The Bertz CT molecular complexity index is 636. The Morgan fingerprint density at radius 3 is 2.68 bits per heavy atom. The third-order valence-electron chi connectivity index (χ3n) is 3.18. The molecule has 0 aliphatic heterocycles. The molecule has 1 amide bonds. The summed E-state index contributed by atoms with van der Waals surface area (Å²) in [6.45, 7) is 1.95. The zero-order chi connectivity index (χ0) is 15.9. The van der Waals surface area contributed by atoms with Crippen molar-refractivity contribution in [2.45, 2.75) is 18.7 Å². The molecule has 0 aromatic heterocycles. The molecule has 116 valence electrons. The summed E-state index contributed by atoms with van der Waals surface area (Å²) in [6, 6.07) is 14.7. The lowest BCUT2D eigenvalue weighted by Gasteiger charge is -2.14. The SMILES string of the molecule is C[C@@H](NC(=O)CSCc1ccc(Br)cc1F)c1ccccc1. The molecule has 0 unspecified atom stereocenters. The summed E-state index contributed by atoms with van der Waals surface area (Å²) in [5.41, 5.74) is 1.68. The van der Waals surface area contributed by atoms with E-state index in [1.54, 1.807) is 12.1 Å². The first-order valence-corrected chi connectivity index (χ1v) is 8.87. The van der Waals surface area contributed by atoms with Crippen LogP contribution in [-0.2, 0) is 10.5 Å². The maximum Gasteiger partial charge on any atom is 0.230 e. The molecule has 0 bridgehead atoms. The molecule has 0 aliphatic rings. The fraction of sp³-hybridized carbons (Fsp3) is 0.235. The third kappa shape index (κ3) is 5.14. The van der Waals surface area contributed by atoms with Crippen molar-refractivity contribution in [3.05, 3.63) is 69.9 Å². The van der Waals surface area contributed by atoms with E-state index in [-0.39, 0.29) is 17.8 Å². The molecule has 5 heteroatoms. The lowest BCUT2D eigenvalue weighted by Crippen LogP contribution is -2.28. The zero-order valence-electron chi connectivity index (χ0n) is 12.2. The van der Waals surface area contributed by atoms with Gasteiger partial charge in [0.1, 0.15) is 5.82 Å². The number of thioether (sulfide) groups is 1. The zero-order valence-corrected chi connectivity index (χ0v) is 14.6. The van der Waals surface area contributed by atoms with Crippen LogP contribution in [0.2, 0.25) is 0 Å². The summed E-state index contributed by atoms with van der Waals surface area (Å²) in [6.07, 6.45) is 0. The van der Waals surface area contributed by atoms with Gasteiger partial charge >= 0.3 is 0 Å². The highest BCUT2D eigenvalue weighted by Gasteiger charge is 2.10. The van der Waals surface area contributed by atoms with Gasteiger partial charge in [-0.15, -0.1) is 11.8 Å². The minimum atomic E-state index is -0.250. The second-order valence-electron chi connectivity index (χ2n) is 4.93. The van der Waals surface area contributed by atoms with E-state index >= 15 is 0 Å². The Kier molecular flexibility index (Phi) is 6.46. The molecule has 0 aliphatic carbocycles. The monoisotopic (exact) mass is 381 g/mol. The molecule has 22 heavy (non-hydrogen) atoms. The number of halogens is 2. The summed E-state index contributed by atoms with van der Waals surface area (Å²) in [5, 5.41) is 2.95. The predicted molar refractivity (Wildman–Crippen MR) is 93.3 cm³/mol. The van der Waals surface area contributed by atoms with Crippen molar-refractivity contribution in [1.29, 1.82) is 0 Å². The van der Waals surface area contributed by atoms with Gasteiger partial charge in [0.2, 0.25) is 5.91 Å². The fourth-order valence-corrected chi connectivity index (χ4v) is 3.16. The molecule has 0 heterocycles. The van der Waals surface area contributed by atoms with Crippen LogP contribution in [0.4, 0.5) is 4.39 Å². The molecule has 0 spiro atoms. The highest BCUT2D eigenvalue weighted by atomic mass is 79.9. The van der Waals surface area contributed by atoms with Crippen LogP contribution >= 0.6 is 27.7 Å². The van der Waals surface area contributed by atoms with Gasteiger partial charge in [-0.25, -0.2) is 4.39 Å². The molecular weight excluding hydrogens is 365 g/mol. The Morgan fingerprint density at radius 2 is 2.00 bits per heavy atom. The van der Waals surface area contributed by atoms with Crippen LogP contribution in [0.25, 0.3) is 0 Å². The molecule has 0 saturated heterocycles. The number of carbonyl (C=O) groups excluding carboxylic acids is 1. The Balaban J connectivity index is 1.78. The molecule has 0 fully saturated rings. The smallest absolute Gasteiger partial charge is 0.230 e. The summed E-state index contributed by atoms with van der Waals surface area (Å²) < 4.78 is 14.4. The van der Waals surface area contributed by atoms with Gasteiger partial charge in [-0.1, -0.05) is 52.3 Å². The summed E-state index contributed by atoms with van der Waals surface area (Å²) in [5.74, 6) is 0.498. The number of nitrogens with one attached hydrogen (secondary N) is 1. The van der Waals surface area contributed by atoms with Gasteiger partial charge in [0, 0.05) is 10.2 Å². The van der Waals surface area contributed by atoms with E-state index < -0.39 is 0 Å². The minimum Gasteiger partial charge on any atom is -0.349 e. The first-order valence-electron chi connectivity index (χ1n) is 6.92. The molecule has 1 N–H and O–H groups in total. The van der Waals surface area contributed by atoms with E-state index in [0.29, 0.717) is 21.5 Å². The van der Waals surface area contributed by atoms with E-state index in [2.05, 4.69) is 21.2 Å². The van der Waals surface area contributed by atoms with Gasteiger partial charge in [0.15, 0.2) is 0 Å². The number of rotatable bonds is 6.